The van der Waals surface area contributed by atoms with Crippen molar-refractivity contribution >= 4 is 17.8 Å². The molecule has 2 rings (SSSR count). The van der Waals surface area contributed by atoms with Crippen molar-refractivity contribution in [3.05, 3.63) is 35.6 Å². The zero-order valence-electron chi connectivity index (χ0n) is 16.9. The molecule has 1 fully saturated rings. The Hall–Kier alpha value is -2.44. The van der Waals surface area contributed by atoms with Gasteiger partial charge in [0, 0.05) is 5.56 Å². The number of amides is 2. The Morgan fingerprint density at radius 1 is 1.14 bits per heavy atom. The second kappa shape index (κ2) is 8.71. The van der Waals surface area contributed by atoms with Crippen LogP contribution in [-0.4, -0.2) is 40.4 Å². The van der Waals surface area contributed by atoms with Crippen molar-refractivity contribution in [2.45, 2.75) is 71.1 Å². The number of benzene rings is 1. The van der Waals surface area contributed by atoms with Gasteiger partial charge in [-0.05, 0) is 70.7 Å². The van der Waals surface area contributed by atoms with Gasteiger partial charge in [0.05, 0.1) is 0 Å². The number of carbonyl (C=O) groups excluding carboxylic acids is 3. The lowest BCUT2D eigenvalue weighted by Crippen LogP contribution is -2.57. The van der Waals surface area contributed by atoms with Gasteiger partial charge in [-0.3, -0.25) is 14.5 Å². The van der Waals surface area contributed by atoms with E-state index in [-0.39, 0.29) is 17.3 Å². The second-order valence-corrected chi connectivity index (χ2v) is 8.33. The minimum absolute atomic E-state index is 0.119. The fourth-order valence-corrected chi connectivity index (χ4v) is 3.59. The van der Waals surface area contributed by atoms with Gasteiger partial charge in [-0.25, -0.2) is 9.18 Å². The van der Waals surface area contributed by atoms with Crippen molar-refractivity contribution in [3.8, 4) is 0 Å². The molecule has 154 valence electrons. The van der Waals surface area contributed by atoms with Crippen LogP contribution in [0.4, 0.5) is 9.18 Å². The SMILES string of the molecule is CC(C(N)=O)N(C(=O)OC(C)(C)C)C(C(=O)c1ccc(F)cc1)C1CCCC1. The van der Waals surface area contributed by atoms with Crippen LogP contribution >= 0.6 is 0 Å². The molecule has 2 atom stereocenters. The number of carbonyl (C=O) groups is 3. The first kappa shape index (κ1) is 21.9. The van der Waals surface area contributed by atoms with E-state index in [1.807, 2.05) is 0 Å². The lowest BCUT2D eigenvalue weighted by molar-refractivity contribution is -0.123. The molecule has 28 heavy (non-hydrogen) atoms. The smallest absolute Gasteiger partial charge is 0.411 e. The van der Waals surface area contributed by atoms with Crippen molar-refractivity contribution in [1.29, 1.82) is 0 Å². The highest BCUT2D eigenvalue weighted by Gasteiger charge is 2.43. The van der Waals surface area contributed by atoms with Crippen LogP contribution in [0.3, 0.4) is 0 Å². The normalized spacial score (nSPS) is 17.0. The Balaban J connectivity index is 2.48. The number of rotatable bonds is 6. The van der Waals surface area contributed by atoms with Crippen molar-refractivity contribution in [2.75, 3.05) is 0 Å². The summed E-state index contributed by atoms with van der Waals surface area (Å²) in [6, 6.07) is 3.27. The molecule has 1 saturated carbocycles. The summed E-state index contributed by atoms with van der Waals surface area (Å²) >= 11 is 0. The molecule has 1 aliphatic carbocycles. The average molecular weight is 392 g/mol. The summed E-state index contributed by atoms with van der Waals surface area (Å²) in [5, 5.41) is 0. The molecule has 7 heteroatoms. The van der Waals surface area contributed by atoms with Gasteiger partial charge in [-0.15, -0.1) is 0 Å². The van der Waals surface area contributed by atoms with Gasteiger partial charge in [0.2, 0.25) is 5.91 Å². The maximum atomic E-state index is 13.4. The lowest BCUT2D eigenvalue weighted by atomic mass is 9.89. The van der Waals surface area contributed by atoms with Crippen LogP contribution in [0.15, 0.2) is 24.3 Å². The molecule has 0 saturated heterocycles. The maximum Gasteiger partial charge on any atom is 0.411 e. The predicted molar refractivity (Wildman–Crippen MR) is 103 cm³/mol. The van der Waals surface area contributed by atoms with Gasteiger partial charge in [0.25, 0.3) is 0 Å². The molecule has 6 nitrogen and oxygen atoms in total. The molecule has 2 N–H and O–H groups in total. The van der Waals surface area contributed by atoms with Crippen molar-refractivity contribution in [3.63, 3.8) is 0 Å². The van der Waals surface area contributed by atoms with Gasteiger partial charge in [0.15, 0.2) is 5.78 Å². The highest BCUT2D eigenvalue weighted by atomic mass is 19.1. The summed E-state index contributed by atoms with van der Waals surface area (Å²) in [5.74, 6) is -1.64. The summed E-state index contributed by atoms with van der Waals surface area (Å²) in [6.07, 6.45) is 2.62. The summed E-state index contributed by atoms with van der Waals surface area (Å²) in [5.41, 5.74) is 4.97. The van der Waals surface area contributed by atoms with Crippen LogP contribution in [0, 0.1) is 11.7 Å². The number of nitrogens with two attached hydrogens (primary N) is 1. The van der Waals surface area contributed by atoms with E-state index >= 15 is 0 Å². The number of halogens is 1. The average Bonchev–Trinajstić information content (AvgIpc) is 3.11. The van der Waals surface area contributed by atoms with Gasteiger partial charge >= 0.3 is 6.09 Å². The summed E-state index contributed by atoms with van der Waals surface area (Å²) in [4.78, 5) is 39.5. The molecule has 0 aromatic heterocycles. The quantitative estimate of drug-likeness (QED) is 0.748. The molecule has 1 aromatic carbocycles. The van der Waals surface area contributed by atoms with Gasteiger partial charge in [-0.2, -0.15) is 0 Å². The number of nitrogens with zero attached hydrogens (tertiary/aromatic N) is 1. The number of hydrogen-bond donors (Lipinski definition) is 1. The Morgan fingerprint density at radius 3 is 2.14 bits per heavy atom. The lowest BCUT2D eigenvalue weighted by Gasteiger charge is -2.38. The third-order valence-electron chi connectivity index (χ3n) is 4.98. The summed E-state index contributed by atoms with van der Waals surface area (Å²) in [7, 11) is 0. The molecule has 0 aliphatic heterocycles. The third-order valence-corrected chi connectivity index (χ3v) is 4.98. The molecular formula is C21H29FN2O4. The largest absolute Gasteiger partial charge is 0.444 e. The van der Waals surface area contributed by atoms with Crippen LogP contribution < -0.4 is 5.73 Å². The highest BCUT2D eigenvalue weighted by molar-refractivity contribution is 6.02. The van der Waals surface area contributed by atoms with Crippen LogP contribution in [0.5, 0.6) is 0 Å². The monoisotopic (exact) mass is 392 g/mol. The number of hydrogen-bond acceptors (Lipinski definition) is 4. The molecule has 2 amide bonds. The van der Waals surface area contributed by atoms with E-state index in [1.165, 1.54) is 36.1 Å². The van der Waals surface area contributed by atoms with E-state index in [1.54, 1.807) is 20.8 Å². The zero-order chi connectivity index (χ0) is 21.1. The van der Waals surface area contributed by atoms with E-state index in [4.69, 9.17) is 10.5 Å². The van der Waals surface area contributed by atoms with E-state index < -0.39 is 35.5 Å². The maximum absolute atomic E-state index is 13.4. The Labute approximate surface area is 165 Å². The Bertz CT molecular complexity index is 721. The fourth-order valence-electron chi connectivity index (χ4n) is 3.59. The first-order valence-corrected chi connectivity index (χ1v) is 9.61. The minimum Gasteiger partial charge on any atom is -0.444 e. The second-order valence-electron chi connectivity index (χ2n) is 8.33. The summed E-state index contributed by atoms with van der Waals surface area (Å²) < 4.78 is 18.8. The molecule has 2 unspecified atom stereocenters. The number of ether oxygens (including phenoxy) is 1. The topological polar surface area (TPSA) is 89.7 Å². The standard InChI is InChI=1S/C21H29FN2O4/c1-13(19(23)26)24(20(27)28-21(2,3)4)17(14-7-5-6-8-14)18(25)15-9-11-16(22)12-10-15/h9-14,17H,5-8H2,1-4H3,(H2,23,26). The van der Waals surface area contributed by atoms with Gasteiger partial charge in [0.1, 0.15) is 23.5 Å². The zero-order valence-corrected chi connectivity index (χ0v) is 16.9. The fraction of sp³-hybridized carbons (Fsp3) is 0.571. The van der Waals surface area contributed by atoms with E-state index in [0.717, 1.165) is 25.7 Å². The van der Waals surface area contributed by atoms with Crippen LogP contribution in [0.25, 0.3) is 0 Å². The van der Waals surface area contributed by atoms with E-state index in [2.05, 4.69) is 0 Å². The first-order chi connectivity index (χ1) is 13.0. The Kier molecular flexibility index (Phi) is 6.80. The number of primary amides is 1. The molecular weight excluding hydrogens is 363 g/mol. The first-order valence-electron chi connectivity index (χ1n) is 9.61. The van der Waals surface area contributed by atoms with Gasteiger partial charge in [-0.1, -0.05) is 12.8 Å². The van der Waals surface area contributed by atoms with E-state index in [9.17, 15) is 18.8 Å². The van der Waals surface area contributed by atoms with Crippen molar-refractivity contribution in [2.24, 2.45) is 11.7 Å². The highest BCUT2D eigenvalue weighted by Crippen LogP contribution is 2.34. The van der Waals surface area contributed by atoms with Crippen molar-refractivity contribution in [1.82, 2.24) is 4.90 Å². The Morgan fingerprint density at radius 2 is 1.68 bits per heavy atom. The molecule has 0 radical (unpaired) electrons. The molecule has 0 spiro atoms. The summed E-state index contributed by atoms with van der Waals surface area (Å²) in [6.45, 7) is 6.63. The predicted octanol–water partition coefficient (Wildman–Crippen LogP) is 3.68. The third kappa shape index (κ3) is 5.30. The number of Topliss-reactive ketones (excluding diaryl/α,β-unsaturated/α-hetero) is 1. The van der Waals surface area contributed by atoms with E-state index in [0.29, 0.717) is 0 Å². The molecule has 1 aliphatic rings. The molecule has 0 bridgehead atoms. The van der Waals surface area contributed by atoms with Crippen molar-refractivity contribution < 1.29 is 23.5 Å². The van der Waals surface area contributed by atoms with Crippen LogP contribution in [-0.2, 0) is 9.53 Å². The van der Waals surface area contributed by atoms with Crippen LogP contribution in [0.1, 0.15) is 63.7 Å². The van der Waals surface area contributed by atoms with Crippen LogP contribution in [0.2, 0.25) is 0 Å². The van der Waals surface area contributed by atoms with Gasteiger partial charge < -0.3 is 10.5 Å². The number of ketones is 1. The molecule has 1 aromatic rings. The molecule has 0 heterocycles. The minimum atomic E-state index is -1.02.